The van der Waals surface area contributed by atoms with Crippen molar-refractivity contribution in [1.29, 1.82) is 0 Å². The Labute approximate surface area is 155 Å². The number of esters is 1. The SMILES string of the molecule is Cc1cccc(C(=O)OCC(=O)c2ccc(NS(C)(=O)=O)cc2)c1[N+](=O)[O-]. The maximum Gasteiger partial charge on any atom is 0.345 e. The van der Waals surface area contributed by atoms with E-state index in [1.54, 1.807) is 0 Å². The normalized spacial score (nSPS) is 10.9. The van der Waals surface area contributed by atoms with Gasteiger partial charge in [-0.2, -0.15) is 0 Å². The number of carbonyl (C=O) groups excluding carboxylic acids is 2. The van der Waals surface area contributed by atoms with Gasteiger partial charge >= 0.3 is 5.97 Å². The van der Waals surface area contributed by atoms with Crippen molar-refractivity contribution in [3.05, 3.63) is 69.3 Å². The molecular formula is C17H16N2O7S. The molecule has 0 unspecified atom stereocenters. The van der Waals surface area contributed by atoms with E-state index >= 15 is 0 Å². The van der Waals surface area contributed by atoms with Gasteiger partial charge in [0.15, 0.2) is 12.4 Å². The fourth-order valence-corrected chi connectivity index (χ4v) is 2.86. The second-order valence-corrected chi connectivity index (χ2v) is 7.43. The van der Waals surface area contributed by atoms with E-state index in [0.717, 1.165) is 6.26 Å². The van der Waals surface area contributed by atoms with Crippen LogP contribution >= 0.6 is 0 Å². The smallest absolute Gasteiger partial charge is 0.345 e. The van der Waals surface area contributed by atoms with E-state index in [2.05, 4.69) is 4.72 Å². The van der Waals surface area contributed by atoms with Gasteiger partial charge in [0.25, 0.3) is 5.69 Å². The topological polar surface area (TPSA) is 133 Å². The first-order chi connectivity index (χ1) is 12.6. The fraction of sp³-hybridized carbons (Fsp3) is 0.176. The number of benzene rings is 2. The summed E-state index contributed by atoms with van der Waals surface area (Å²) in [6, 6.07) is 9.75. The highest BCUT2D eigenvalue weighted by Crippen LogP contribution is 2.23. The second-order valence-electron chi connectivity index (χ2n) is 5.68. The van der Waals surface area contributed by atoms with Crippen LogP contribution < -0.4 is 4.72 Å². The van der Waals surface area contributed by atoms with Crippen LogP contribution in [0.1, 0.15) is 26.3 Å². The van der Waals surface area contributed by atoms with Crippen molar-refractivity contribution in [3.63, 3.8) is 0 Å². The molecular weight excluding hydrogens is 376 g/mol. The first kappa shape index (κ1) is 20.0. The third-order valence-electron chi connectivity index (χ3n) is 3.48. The fourth-order valence-electron chi connectivity index (χ4n) is 2.30. The number of aryl methyl sites for hydroxylation is 1. The highest BCUT2D eigenvalue weighted by molar-refractivity contribution is 7.92. The minimum Gasteiger partial charge on any atom is -0.454 e. The second kappa shape index (κ2) is 7.96. The molecule has 0 aliphatic rings. The van der Waals surface area contributed by atoms with Crippen LogP contribution in [0.5, 0.6) is 0 Å². The minimum absolute atomic E-state index is 0.195. The Balaban J connectivity index is 2.07. The van der Waals surface area contributed by atoms with Crippen molar-refractivity contribution in [2.24, 2.45) is 0 Å². The molecule has 0 radical (unpaired) electrons. The molecule has 0 aliphatic heterocycles. The molecule has 0 heterocycles. The minimum atomic E-state index is -3.44. The van der Waals surface area contributed by atoms with E-state index in [1.165, 1.54) is 49.4 Å². The molecule has 2 aromatic rings. The van der Waals surface area contributed by atoms with Crippen LogP contribution in [0.2, 0.25) is 0 Å². The Morgan fingerprint density at radius 2 is 1.78 bits per heavy atom. The molecule has 0 atom stereocenters. The number of nitro benzene ring substituents is 1. The molecule has 0 amide bonds. The summed E-state index contributed by atoms with van der Waals surface area (Å²) in [5.74, 6) is -1.52. The summed E-state index contributed by atoms with van der Waals surface area (Å²) in [5, 5.41) is 11.1. The van der Waals surface area contributed by atoms with E-state index in [1.807, 2.05) is 0 Å². The first-order valence-corrected chi connectivity index (χ1v) is 9.50. The van der Waals surface area contributed by atoms with Gasteiger partial charge in [0.2, 0.25) is 10.0 Å². The van der Waals surface area contributed by atoms with Crippen molar-refractivity contribution >= 4 is 33.2 Å². The Hall–Kier alpha value is -3.27. The van der Waals surface area contributed by atoms with Crippen molar-refractivity contribution in [1.82, 2.24) is 0 Å². The highest BCUT2D eigenvalue weighted by atomic mass is 32.2. The highest BCUT2D eigenvalue weighted by Gasteiger charge is 2.24. The Morgan fingerprint density at radius 1 is 1.15 bits per heavy atom. The lowest BCUT2D eigenvalue weighted by Gasteiger charge is -2.07. The van der Waals surface area contributed by atoms with E-state index in [0.29, 0.717) is 5.56 Å². The summed E-state index contributed by atoms with van der Waals surface area (Å²) in [4.78, 5) is 34.7. The van der Waals surface area contributed by atoms with Gasteiger partial charge in [-0.15, -0.1) is 0 Å². The number of sulfonamides is 1. The number of para-hydroxylation sites is 1. The Morgan fingerprint density at radius 3 is 2.33 bits per heavy atom. The number of Topliss-reactive ketones (excluding diaryl/α,β-unsaturated/α-hetero) is 1. The van der Waals surface area contributed by atoms with E-state index < -0.39 is 33.3 Å². The predicted molar refractivity (Wildman–Crippen MR) is 97.4 cm³/mol. The summed E-state index contributed by atoms with van der Waals surface area (Å²) < 4.78 is 29.4. The molecule has 1 N–H and O–H groups in total. The van der Waals surface area contributed by atoms with Crippen LogP contribution in [0.4, 0.5) is 11.4 Å². The molecule has 142 valence electrons. The molecule has 0 fully saturated rings. The number of ketones is 1. The van der Waals surface area contributed by atoms with Gasteiger partial charge in [-0.25, -0.2) is 13.2 Å². The van der Waals surface area contributed by atoms with Gasteiger partial charge in [-0.1, -0.05) is 12.1 Å². The third-order valence-corrected chi connectivity index (χ3v) is 4.09. The Kier molecular flexibility index (Phi) is 5.91. The van der Waals surface area contributed by atoms with Gasteiger partial charge in [0.1, 0.15) is 5.56 Å². The number of nitrogens with one attached hydrogen (secondary N) is 1. The van der Waals surface area contributed by atoms with Crippen LogP contribution in [-0.2, 0) is 14.8 Å². The molecule has 27 heavy (non-hydrogen) atoms. The van der Waals surface area contributed by atoms with Crippen molar-refractivity contribution in [3.8, 4) is 0 Å². The summed E-state index contributed by atoms with van der Waals surface area (Å²) in [7, 11) is -3.44. The van der Waals surface area contributed by atoms with Crippen LogP contribution in [-0.4, -0.2) is 38.0 Å². The molecule has 0 bridgehead atoms. The number of hydrogen-bond acceptors (Lipinski definition) is 7. The lowest BCUT2D eigenvalue weighted by molar-refractivity contribution is -0.385. The quantitative estimate of drug-likeness (QED) is 0.331. The summed E-state index contributed by atoms with van der Waals surface area (Å²) in [6.07, 6.45) is 0.996. The van der Waals surface area contributed by atoms with Crippen molar-refractivity contribution in [2.45, 2.75) is 6.92 Å². The summed E-state index contributed by atoms with van der Waals surface area (Å²) in [5.41, 5.74) is 0.170. The number of rotatable bonds is 7. The van der Waals surface area contributed by atoms with E-state index in [-0.39, 0.29) is 22.5 Å². The van der Waals surface area contributed by atoms with E-state index in [9.17, 15) is 28.1 Å². The van der Waals surface area contributed by atoms with Gasteiger partial charge < -0.3 is 4.74 Å². The number of nitro groups is 1. The molecule has 0 aromatic heterocycles. The zero-order valence-corrected chi connectivity index (χ0v) is 15.3. The Bertz CT molecular complexity index is 998. The molecule has 10 heteroatoms. The lowest BCUT2D eigenvalue weighted by atomic mass is 10.1. The van der Waals surface area contributed by atoms with Crippen LogP contribution in [0.15, 0.2) is 42.5 Å². The average Bonchev–Trinajstić information content (AvgIpc) is 2.58. The zero-order valence-electron chi connectivity index (χ0n) is 14.5. The summed E-state index contributed by atoms with van der Waals surface area (Å²) >= 11 is 0. The largest absolute Gasteiger partial charge is 0.454 e. The number of carbonyl (C=O) groups is 2. The zero-order chi connectivity index (χ0) is 20.2. The van der Waals surface area contributed by atoms with Gasteiger partial charge in [0.05, 0.1) is 11.2 Å². The first-order valence-electron chi connectivity index (χ1n) is 7.60. The molecule has 0 aliphatic carbocycles. The number of ether oxygens (including phenoxy) is 1. The molecule has 0 spiro atoms. The third kappa shape index (κ3) is 5.35. The molecule has 2 rings (SSSR count). The number of anilines is 1. The van der Waals surface area contributed by atoms with Crippen LogP contribution in [0.25, 0.3) is 0 Å². The maximum absolute atomic E-state index is 12.1. The van der Waals surface area contributed by atoms with Crippen LogP contribution in [0.3, 0.4) is 0 Å². The molecule has 0 saturated heterocycles. The lowest BCUT2D eigenvalue weighted by Crippen LogP contribution is -2.16. The summed E-state index contributed by atoms with van der Waals surface area (Å²) in [6.45, 7) is 0.884. The molecule has 2 aromatic carbocycles. The molecule has 0 saturated carbocycles. The van der Waals surface area contributed by atoms with Gasteiger partial charge in [-0.3, -0.25) is 19.6 Å². The molecule has 9 nitrogen and oxygen atoms in total. The standard InChI is InChI=1S/C17H16N2O7S/c1-11-4-3-5-14(16(11)19(22)23)17(21)26-10-15(20)12-6-8-13(9-7-12)18-27(2,24)25/h3-9,18H,10H2,1-2H3. The van der Waals surface area contributed by atoms with Crippen molar-refractivity contribution in [2.75, 3.05) is 17.6 Å². The van der Waals surface area contributed by atoms with Crippen LogP contribution in [0, 0.1) is 17.0 Å². The monoisotopic (exact) mass is 392 g/mol. The van der Waals surface area contributed by atoms with E-state index in [4.69, 9.17) is 4.74 Å². The maximum atomic E-state index is 12.1. The number of hydrogen-bond donors (Lipinski definition) is 1. The number of nitrogens with zero attached hydrogens (tertiary/aromatic N) is 1. The van der Waals surface area contributed by atoms with Crippen molar-refractivity contribution < 1.29 is 27.7 Å². The van der Waals surface area contributed by atoms with Gasteiger partial charge in [0, 0.05) is 16.8 Å². The predicted octanol–water partition coefficient (Wildman–Crippen LogP) is 2.31. The van der Waals surface area contributed by atoms with Gasteiger partial charge in [-0.05, 0) is 37.3 Å². The average molecular weight is 392 g/mol.